The van der Waals surface area contributed by atoms with Gasteiger partial charge in [0.1, 0.15) is 11.9 Å². The van der Waals surface area contributed by atoms with Crippen LogP contribution in [0.4, 0.5) is 10.1 Å². The molecule has 9 heteroatoms. The Morgan fingerprint density at radius 2 is 2.17 bits per heavy atom. The highest BCUT2D eigenvalue weighted by Crippen LogP contribution is 2.13. The summed E-state index contributed by atoms with van der Waals surface area (Å²) in [4.78, 5) is 48.7. The van der Waals surface area contributed by atoms with Crippen molar-refractivity contribution in [2.45, 2.75) is 12.5 Å². The molecule has 1 heterocycles. The number of rotatable bonds is 3. The molecule has 8 nitrogen and oxygen atoms in total. The van der Waals surface area contributed by atoms with E-state index in [4.69, 9.17) is 0 Å². The molecule has 1 saturated heterocycles. The first-order chi connectivity index (χ1) is 11.4. The maximum absolute atomic E-state index is 13.1. The predicted octanol–water partition coefficient (Wildman–Crippen LogP) is -0.346. The van der Waals surface area contributed by atoms with E-state index in [1.54, 1.807) is 0 Å². The lowest BCUT2D eigenvalue weighted by atomic mass is 10.1. The number of hydrogen-bond donors (Lipinski definition) is 2. The molecule has 0 spiro atoms. The first kappa shape index (κ1) is 17.4. The fraction of sp³-hybridized carbons (Fsp3) is 0.333. The third-order valence-electron chi connectivity index (χ3n) is 3.46. The SMILES string of the molecule is COC(=O)CC1C(=O)NCCN1C(=O)C(=O)Nc1cccc(F)c1. The van der Waals surface area contributed by atoms with Gasteiger partial charge in [-0.15, -0.1) is 0 Å². The van der Waals surface area contributed by atoms with Crippen molar-refractivity contribution in [2.24, 2.45) is 0 Å². The van der Waals surface area contributed by atoms with Crippen molar-refractivity contribution in [3.63, 3.8) is 0 Å². The summed E-state index contributed by atoms with van der Waals surface area (Å²) in [5.74, 6) is -3.80. The van der Waals surface area contributed by atoms with Crippen LogP contribution >= 0.6 is 0 Å². The molecule has 1 aliphatic heterocycles. The number of amides is 3. The van der Waals surface area contributed by atoms with Crippen LogP contribution < -0.4 is 10.6 Å². The number of halogens is 1. The van der Waals surface area contributed by atoms with E-state index in [-0.39, 0.29) is 25.2 Å². The van der Waals surface area contributed by atoms with Crippen LogP contribution in [0.15, 0.2) is 24.3 Å². The molecule has 1 unspecified atom stereocenters. The minimum absolute atomic E-state index is 0.0722. The third-order valence-corrected chi connectivity index (χ3v) is 3.46. The van der Waals surface area contributed by atoms with Crippen LogP contribution in [0, 0.1) is 5.82 Å². The summed E-state index contributed by atoms with van der Waals surface area (Å²) < 4.78 is 17.6. The van der Waals surface area contributed by atoms with E-state index in [1.165, 1.54) is 18.2 Å². The van der Waals surface area contributed by atoms with Crippen LogP contribution in [0.1, 0.15) is 6.42 Å². The Morgan fingerprint density at radius 3 is 2.83 bits per heavy atom. The van der Waals surface area contributed by atoms with E-state index in [0.717, 1.165) is 18.1 Å². The van der Waals surface area contributed by atoms with Crippen molar-refractivity contribution in [2.75, 3.05) is 25.5 Å². The molecule has 0 radical (unpaired) electrons. The fourth-order valence-corrected chi connectivity index (χ4v) is 2.28. The zero-order valence-electron chi connectivity index (χ0n) is 12.9. The first-order valence-corrected chi connectivity index (χ1v) is 7.14. The Bertz CT molecular complexity index is 679. The zero-order valence-corrected chi connectivity index (χ0v) is 12.9. The van der Waals surface area contributed by atoms with Gasteiger partial charge in [-0.25, -0.2) is 4.39 Å². The minimum atomic E-state index is -1.13. The molecule has 1 fully saturated rings. The highest BCUT2D eigenvalue weighted by atomic mass is 19.1. The maximum atomic E-state index is 13.1. The van der Waals surface area contributed by atoms with Crippen LogP contribution in [0.2, 0.25) is 0 Å². The number of piperazine rings is 1. The quantitative estimate of drug-likeness (QED) is 0.580. The molecule has 128 valence electrons. The Labute approximate surface area is 136 Å². The minimum Gasteiger partial charge on any atom is -0.469 e. The lowest BCUT2D eigenvalue weighted by Gasteiger charge is -2.33. The van der Waals surface area contributed by atoms with Gasteiger partial charge in [0.25, 0.3) is 0 Å². The number of carbonyl (C=O) groups is 4. The van der Waals surface area contributed by atoms with Gasteiger partial charge < -0.3 is 20.3 Å². The van der Waals surface area contributed by atoms with Gasteiger partial charge in [-0.3, -0.25) is 19.2 Å². The third kappa shape index (κ3) is 4.06. The molecule has 1 aromatic carbocycles. The zero-order chi connectivity index (χ0) is 17.7. The van der Waals surface area contributed by atoms with E-state index in [9.17, 15) is 23.6 Å². The Morgan fingerprint density at radius 1 is 1.42 bits per heavy atom. The second kappa shape index (κ2) is 7.53. The number of anilines is 1. The van der Waals surface area contributed by atoms with Gasteiger partial charge in [0, 0.05) is 18.8 Å². The van der Waals surface area contributed by atoms with Gasteiger partial charge in [-0.05, 0) is 18.2 Å². The average molecular weight is 337 g/mol. The molecule has 1 aromatic rings. The van der Waals surface area contributed by atoms with E-state index in [2.05, 4.69) is 15.4 Å². The number of nitrogens with one attached hydrogen (secondary N) is 2. The Kier molecular flexibility index (Phi) is 5.46. The molecule has 0 saturated carbocycles. The second-order valence-corrected chi connectivity index (χ2v) is 5.05. The van der Waals surface area contributed by atoms with Crippen molar-refractivity contribution < 1.29 is 28.3 Å². The molecule has 0 aromatic heterocycles. The molecule has 2 rings (SSSR count). The highest BCUT2D eigenvalue weighted by Gasteiger charge is 2.37. The molecular formula is C15H16FN3O5. The average Bonchev–Trinajstić information content (AvgIpc) is 2.55. The number of esters is 1. The van der Waals surface area contributed by atoms with Crippen LogP contribution in [0.3, 0.4) is 0 Å². The van der Waals surface area contributed by atoms with Gasteiger partial charge in [-0.1, -0.05) is 6.07 Å². The number of carbonyl (C=O) groups excluding carboxylic acids is 4. The van der Waals surface area contributed by atoms with Gasteiger partial charge in [0.15, 0.2) is 0 Å². The summed E-state index contributed by atoms with van der Waals surface area (Å²) in [7, 11) is 1.16. The van der Waals surface area contributed by atoms with Gasteiger partial charge in [0.05, 0.1) is 13.5 Å². The summed E-state index contributed by atoms with van der Waals surface area (Å²) in [6.07, 6.45) is -0.360. The molecule has 3 amide bonds. The number of methoxy groups -OCH3 is 1. The van der Waals surface area contributed by atoms with E-state index < -0.39 is 35.5 Å². The van der Waals surface area contributed by atoms with Crippen molar-refractivity contribution >= 4 is 29.4 Å². The number of nitrogens with zero attached hydrogens (tertiary/aromatic N) is 1. The lowest BCUT2D eigenvalue weighted by molar-refractivity contribution is -0.153. The van der Waals surface area contributed by atoms with Crippen molar-refractivity contribution in [1.29, 1.82) is 0 Å². The first-order valence-electron chi connectivity index (χ1n) is 7.14. The van der Waals surface area contributed by atoms with Crippen molar-refractivity contribution in [1.82, 2.24) is 10.2 Å². The summed E-state index contributed by atoms with van der Waals surface area (Å²) in [6, 6.07) is 3.92. The maximum Gasteiger partial charge on any atom is 0.313 e. The smallest absolute Gasteiger partial charge is 0.313 e. The van der Waals surface area contributed by atoms with E-state index in [1.807, 2.05) is 0 Å². The molecule has 0 bridgehead atoms. The largest absolute Gasteiger partial charge is 0.469 e. The molecule has 24 heavy (non-hydrogen) atoms. The van der Waals surface area contributed by atoms with Crippen LogP contribution in [-0.2, 0) is 23.9 Å². The monoisotopic (exact) mass is 337 g/mol. The summed E-state index contributed by atoms with van der Waals surface area (Å²) >= 11 is 0. The summed E-state index contributed by atoms with van der Waals surface area (Å²) in [6.45, 7) is 0.234. The normalized spacial score (nSPS) is 17.0. The van der Waals surface area contributed by atoms with Gasteiger partial charge >= 0.3 is 17.8 Å². The molecule has 0 aliphatic carbocycles. The van der Waals surface area contributed by atoms with E-state index >= 15 is 0 Å². The van der Waals surface area contributed by atoms with Crippen molar-refractivity contribution in [3.8, 4) is 0 Å². The summed E-state index contributed by atoms with van der Waals surface area (Å²) in [5, 5.41) is 4.79. The second-order valence-electron chi connectivity index (χ2n) is 5.05. The molecule has 2 N–H and O–H groups in total. The van der Waals surface area contributed by atoms with E-state index in [0.29, 0.717) is 0 Å². The number of hydrogen-bond acceptors (Lipinski definition) is 5. The standard InChI is InChI=1S/C15H16FN3O5/c1-24-12(20)8-11-13(21)17-5-6-19(11)15(23)14(22)18-10-4-2-3-9(16)7-10/h2-4,7,11H,5-6,8H2,1H3,(H,17,21)(H,18,22). The Hall–Kier alpha value is -2.97. The predicted molar refractivity (Wildman–Crippen MR) is 80.2 cm³/mol. The Balaban J connectivity index is 2.11. The number of ether oxygens (including phenoxy) is 1. The molecule has 1 aliphatic rings. The highest BCUT2D eigenvalue weighted by molar-refractivity contribution is 6.40. The van der Waals surface area contributed by atoms with Crippen LogP contribution in [-0.4, -0.2) is 54.8 Å². The van der Waals surface area contributed by atoms with Crippen LogP contribution in [0.5, 0.6) is 0 Å². The molecule has 1 atom stereocenters. The van der Waals surface area contributed by atoms with Crippen molar-refractivity contribution in [3.05, 3.63) is 30.1 Å². The fourth-order valence-electron chi connectivity index (χ4n) is 2.28. The lowest BCUT2D eigenvalue weighted by Crippen LogP contribution is -2.59. The topological polar surface area (TPSA) is 105 Å². The van der Waals surface area contributed by atoms with Crippen LogP contribution in [0.25, 0.3) is 0 Å². The molecular weight excluding hydrogens is 321 g/mol. The number of benzene rings is 1. The van der Waals surface area contributed by atoms with Gasteiger partial charge in [0.2, 0.25) is 5.91 Å². The van der Waals surface area contributed by atoms with Gasteiger partial charge in [-0.2, -0.15) is 0 Å². The summed E-state index contributed by atoms with van der Waals surface area (Å²) in [5.41, 5.74) is 0.110.